The lowest BCUT2D eigenvalue weighted by atomic mass is 10.2. The summed E-state index contributed by atoms with van der Waals surface area (Å²) < 4.78 is 0. The Bertz CT molecular complexity index is 126. The Kier molecular flexibility index (Phi) is 3.98. The minimum atomic E-state index is -0.267. The number of hydrogen-bond donors (Lipinski definition) is 3. The molecule has 0 spiro atoms. The van der Waals surface area contributed by atoms with Crippen LogP contribution in [0.4, 0.5) is 0 Å². The summed E-state index contributed by atoms with van der Waals surface area (Å²) in [6, 6.07) is 0. The lowest BCUT2D eigenvalue weighted by Crippen LogP contribution is -2.33. The number of aliphatic hydroxyl groups is 2. The molecule has 1 fully saturated rings. The average Bonchev–Trinajstić information content (AvgIpc) is 2.86. The zero-order chi connectivity index (χ0) is 8.97. The monoisotopic (exact) mass is 173 g/mol. The molecule has 12 heavy (non-hydrogen) atoms. The van der Waals surface area contributed by atoms with Gasteiger partial charge in [-0.15, -0.1) is 0 Å². The van der Waals surface area contributed by atoms with Crippen molar-refractivity contribution in [3.05, 3.63) is 0 Å². The average molecular weight is 173 g/mol. The third-order valence-corrected chi connectivity index (χ3v) is 2.37. The molecule has 1 aliphatic carbocycles. The summed E-state index contributed by atoms with van der Waals surface area (Å²) in [5.41, 5.74) is 0. The van der Waals surface area contributed by atoms with Gasteiger partial charge in [-0.3, -0.25) is 0 Å². The van der Waals surface area contributed by atoms with E-state index in [0.717, 1.165) is 6.42 Å². The molecule has 0 heterocycles. The van der Waals surface area contributed by atoms with Crippen molar-refractivity contribution in [1.29, 1.82) is 0 Å². The molecule has 0 amide bonds. The lowest BCUT2D eigenvalue weighted by molar-refractivity contribution is 0.130. The molecule has 0 radical (unpaired) electrons. The van der Waals surface area contributed by atoms with Gasteiger partial charge in [0, 0.05) is 13.1 Å². The van der Waals surface area contributed by atoms with Gasteiger partial charge in [0.05, 0.1) is 12.2 Å². The highest BCUT2D eigenvalue weighted by atomic mass is 16.3. The third kappa shape index (κ3) is 3.52. The molecule has 2 atom stereocenters. The molecule has 3 heteroatoms. The van der Waals surface area contributed by atoms with Gasteiger partial charge >= 0.3 is 0 Å². The fourth-order valence-corrected chi connectivity index (χ4v) is 1.19. The summed E-state index contributed by atoms with van der Waals surface area (Å²) in [6.07, 6.45) is 2.63. The largest absolute Gasteiger partial charge is 0.392 e. The molecule has 3 N–H and O–H groups in total. The standard InChI is InChI=1S/C9H19NO2/c1-2-8(11)5-10-6-9(12)7-3-4-7/h7-12H,2-6H2,1H3. The summed E-state index contributed by atoms with van der Waals surface area (Å²) in [5, 5.41) is 21.7. The molecule has 1 saturated carbocycles. The van der Waals surface area contributed by atoms with E-state index in [4.69, 9.17) is 0 Å². The van der Waals surface area contributed by atoms with Crippen LogP contribution in [0.1, 0.15) is 26.2 Å². The van der Waals surface area contributed by atoms with Gasteiger partial charge in [-0.25, -0.2) is 0 Å². The number of rotatable bonds is 6. The summed E-state index contributed by atoms with van der Waals surface area (Å²) in [5.74, 6) is 0.524. The highest BCUT2D eigenvalue weighted by Gasteiger charge is 2.29. The van der Waals surface area contributed by atoms with E-state index in [0.29, 0.717) is 19.0 Å². The summed E-state index contributed by atoms with van der Waals surface area (Å²) in [7, 11) is 0. The summed E-state index contributed by atoms with van der Waals surface area (Å²) in [4.78, 5) is 0. The van der Waals surface area contributed by atoms with Gasteiger partial charge in [0.1, 0.15) is 0 Å². The molecular weight excluding hydrogens is 154 g/mol. The second-order valence-corrected chi connectivity index (χ2v) is 3.63. The maximum Gasteiger partial charge on any atom is 0.0692 e. The number of nitrogens with one attached hydrogen (secondary N) is 1. The molecule has 1 aliphatic rings. The molecule has 0 aromatic heterocycles. The minimum absolute atomic E-state index is 0.200. The first kappa shape index (κ1) is 9.96. The molecule has 0 aliphatic heterocycles. The van der Waals surface area contributed by atoms with E-state index < -0.39 is 0 Å². The Morgan fingerprint density at radius 3 is 2.50 bits per heavy atom. The van der Waals surface area contributed by atoms with Crippen LogP contribution in [0.3, 0.4) is 0 Å². The molecule has 2 unspecified atom stereocenters. The van der Waals surface area contributed by atoms with Gasteiger partial charge in [0.2, 0.25) is 0 Å². The zero-order valence-electron chi connectivity index (χ0n) is 7.66. The van der Waals surface area contributed by atoms with Crippen LogP contribution < -0.4 is 5.32 Å². The van der Waals surface area contributed by atoms with Crippen LogP contribution >= 0.6 is 0 Å². The zero-order valence-corrected chi connectivity index (χ0v) is 7.66. The second-order valence-electron chi connectivity index (χ2n) is 3.63. The predicted octanol–water partition coefficient (Wildman–Crippen LogP) is 0.118. The number of aliphatic hydroxyl groups excluding tert-OH is 2. The van der Waals surface area contributed by atoms with Crippen molar-refractivity contribution < 1.29 is 10.2 Å². The highest BCUT2D eigenvalue weighted by Crippen LogP contribution is 2.32. The van der Waals surface area contributed by atoms with Gasteiger partial charge < -0.3 is 15.5 Å². The SMILES string of the molecule is CCC(O)CNCC(O)C1CC1. The van der Waals surface area contributed by atoms with Crippen LogP contribution in [0.15, 0.2) is 0 Å². The minimum Gasteiger partial charge on any atom is -0.392 e. The molecule has 0 aromatic carbocycles. The molecular formula is C9H19NO2. The van der Waals surface area contributed by atoms with Gasteiger partial charge in [-0.2, -0.15) is 0 Å². The topological polar surface area (TPSA) is 52.5 Å². The summed E-state index contributed by atoms with van der Waals surface area (Å²) >= 11 is 0. The van der Waals surface area contributed by atoms with Gasteiger partial charge in [0.25, 0.3) is 0 Å². The summed E-state index contributed by atoms with van der Waals surface area (Å²) in [6.45, 7) is 3.17. The van der Waals surface area contributed by atoms with Gasteiger partial charge in [0.15, 0.2) is 0 Å². The third-order valence-electron chi connectivity index (χ3n) is 2.37. The first-order valence-electron chi connectivity index (χ1n) is 4.81. The molecule has 0 saturated heterocycles. The maximum absolute atomic E-state index is 9.43. The molecule has 0 aromatic rings. The van der Waals surface area contributed by atoms with E-state index >= 15 is 0 Å². The molecule has 1 rings (SSSR count). The fraction of sp³-hybridized carbons (Fsp3) is 1.00. The second kappa shape index (κ2) is 4.80. The Labute approximate surface area is 73.8 Å². The van der Waals surface area contributed by atoms with Crippen molar-refractivity contribution in [2.75, 3.05) is 13.1 Å². The maximum atomic E-state index is 9.43. The van der Waals surface area contributed by atoms with Crippen molar-refractivity contribution in [3.8, 4) is 0 Å². The quantitative estimate of drug-likeness (QED) is 0.534. The van der Waals surface area contributed by atoms with E-state index in [-0.39, 0.29) is 12.2 Å². The van der Waals surface area contributed by atoms with Gasteiger partial charge in [-0.1, -0.05) is 6.92 Å². The van der Waals surface area contributed by atoms with Crippen molar-refractivity contribution in [1.82, 2.24) is 5.32 Å². The predicted molar refractivity (Wildman–Crippen MR) is 47.9 cm³/mol. The Hall–Kier alpha value is -0.120. The van der Waals surface area contributed by atoms with Crippen LogP contribution in [0.5, 0.6) is 0 Å². The normalized spacial score (nSPS) is 22.2. The van der Waals surface area contributed by atoms with Crippen LogP contribution in [0.2, 0.25) is 0 Å². The Morgan fingerprint density at radius 2 is 2.00 bits per heavy atom. The smallest absolute Gasteiger partial charge is 0.0692 e. The van der Waals surface area contributed by atoms with Crippen LogP contribution in [0, 0.1) is 5.92 Å². The van der Waals surface area contributed by atoms with E-state index in [1.807, 2.05) is 6.92 Å². The molecule has 0 bridgehead atoms. The molecule has 72 valence electrons. The Morgan fingerprint density at radius 1 is 1.33 bits per heavy atom. The van der Waals surface area contributed by atoms with E-state index in [1.165, 1.54) is 12.8 Å². The van der Waals surface area contributed by atoms with Crippen molar-refractivity contribution in [3.63, 3.8) is 0 Å². The Balaban J connectivity index is 1.93. The van der Waals surface area contributed by atoms with E-state index in [9.17, 15) is 10.2 Å². The first-order valence-corrected chi connectivity index (χ1v) is 4.81. The van der Waals surface area contributed by atoms with Crippen molar-refractivity contribution in [2.24, 2.45) is 5.92 Å². The lowest BCUT2D eigenvalue weighted by Gasteiger charge is -2.12. The van der Waals surface area contributed by atoms with Crippen molar-refractivity contribution >= 4 is 0 Å². The van der Waals surface area contributed by atoms with Crippen LogP contribution in [-0.4, -0.2) is 35.5 Å². The van der Waals surface area contributed by atoms with Crippen LogP contribution in [-0.2, 0) is 0 Å². The number of hydrogen-bond acceptors (Lipinski definition) is 3. The highest BCUT2D eigenvalue weighted by molar-refractivity contribution is 4.82. The van der Waals surface area contributed by atoms with Crippen LogP contribution in [0.25, 0.3) is 0 Å². The first-order chi connectivity index (χ1) is 5.74. The van der Waals surface area contributed by atoms with Crippen molar-refractivity contribution in [2.45, 2.75) is 38.4 Å². The van der Waals surface area contributed by atoms with E-state index in [1.54, 1.807) is 0 Å². The molecule has 3 nitrogen and oxygen atoms in total. The van der Waals surface area contributed by atoms with Gasteiger partial charge in [-0.05, 0) is 25.2 Å². The van der Waals surface area contributed by atoms with E-state index in [2.05, 4.69) is 5.32 Å². The fourth-order valence-electron chi connectivity index (χ4n) is 1.19.